The number of hydrogen-bond acceptors (Lipinski definition) is 4. The quantitative estimate of drug-likeness (QED) is 0.202. The third-order valence-electron chi connectivity index (χ3n) is 5.53. The molecule has 0 bridgehead atoms. The second-order valence-electron chi connectivity index (χ2n) is 8.20. The molecule has 4 heteroatoms. The molecule has 1 aliphatic rings. The lowest BCUT2D eigenvalue weighted by atomic mass is 10.0. The number of ketones is 1. The normalized spacial score (nSPS) is 15.8. The standard InChI is InChI=1S/C27H40O4/c1-2-3-4-5-6-7-8-9-10-11-12-16-20-27(30-22-23-31-27)21-19-25(28)24-29-26-17-14-13-15-18-26/h7-10,13-15,17-18H,2-6,11-12,16,19-24H2,1H3/b8-7+,10-9+. The molecule has 0 aliphatic carbocycles. The first-order valence-corrected chi connectivity index (χ1v) is 12.0. The fourth-order valence-electron chi connectivity index (χ4n) is 3.69. The van der Waals surface area contributed by atoms with E-state index >= 15 is 0 Å². The summed E-state index contributed by atoms with van der Waals surface area (Å²) in [5.74, 6) is 0.204. The number of Topliss-reactive ketones (excluding diaryl/α,β-unsaturated/α-hetero) is 1. The van der Waals surface area contributed by atoms with Gasteiger partial charge in [-0.1, -0.05) is 68.7 Å². The third-order valence-corrected chi connectivity index (χ3v) is 5.53. The lowest BCUT2D eigenvalue weighted by Gasteiger charge is -2.27. The molecular formula is C27H40O4. The van der Waals surface area contributed by atoms with Gasteiger partial charge in [0.15, 0.2) is 11.6 Å². The highest BCUT2D eigenvalue weighted by molar-refractivity contribution is 5.80. The number of benzene rings is 1. The van der Waals surface area contributed by atoms with Crippen molar-refractivity contribution in [2.45, 2.75) is 83.3 Å². The van der Waals surface area contributed by atoms with E-state index in [0.717, 1.165) is 31.4 Å². The predicted octanol–water partition coefficient (Wildman–Crippen LogP) is 6.80. The Morgan fingerprint density at radius 3 is 2.29 bits per heavy atom. The first-order valence-electron chi connectivity index (χ1n) is 12.0. The number of hydrogen-bond donors (Lipinski definition) is 0. The molecule has 0 amide bonds. The molecule has 31 heavy (non-hydrogen) atoms. The van der Waals surface area contributed by atoms with Crippen molar-refractivity contribution in [3.8, 4) is 5.75 Å². The monoisotopic (exact) mass is 428 g/mol. The van der Waals surface area contributed by atoms with Gasteiger partial charge in [0.1, 0.15) is 12.4 Å². The van der Waals surface area contributed by atoms with Gasteiger partial charge < -0.3 is 14.2 Å². The van der Waals surface area contributed by atoms with Crippen LogP contribution in [-0.4, -0.2) is 31.4 Å². The molecule has 1 aromatic rings. The molecule has 1 saturated heterocycles. The fraction of sp³-hybridized carbons (Fsp3) is 0.593. The van der Waals surface area contributed by atoms with Gasteiger partial charge in [0.25, 0.3) is 0 Å². The minimum absolute atomic E-state index is 0.0757. The van der Waals surface area contributed by atoms with Gasteiger partial charge in [0, 0.05) is 19.3 Å². The SMILES string of the molecule is CCCCCC/C=C/C=C/CCCCC1(CCC(=O)COc2ccccc2)OCCO1. The summed E-state index contributed by atoms with van der Waals surface area (Å²) < 4.78 is 17.4. The summed E-state index contributed by atoms with van der Waals surface area (Å²) in [7, 11) is 0. The van der Waals surface area contributed by atoms with E-state index in [2.05, 4.69) is 31.2 Å². The summed E-state index contributed by atoms with van der Waals surface area (Å²) in [5.41, 5.74) is 0. The van der Waals surface area contributed by atoms with Crippen LogP contribution in [0.25, 0.3) is 0 Å². The molecule has 0 N–H and O–H groups in total. The maximum absolute atomic E-state index is 12.2. The van der Waals surface area contributed by atoms with Crippen molar-refractivity contribution in [3.05, 3.63) is 54.6 Å². The molecule has 0 spiro atoms. The van der Waals surface area contributed by atoms with Crippen molar-refractivity contribution >= 4 is 5.78 Å². The molecule has 1 aliphatic heterocycles. The largest absolute Gasteiger partial charge is 0.486 e. The van der Waals surface area contributed by atoms with E-state index in [1.807, 2.05) is 30.3 Å². The highest BCUT2D eigenvalue weighted by Crippen LogP contribution is 2.31. The number of carbonyl (C=O) groups excluding carboxylic acids is 1. The maximum Gasteiger partial charge on any atom is 0.170 e. The summed E-state index contributed by atoms with van der Waals surface area (Å²) in [6, 6.07) is 9.44. The average Bonchev–Trinajstić information content (AvgIpc) is 3.27. The number of allylic oxidation sites excluding steroid dienone is 4. The van der Waals surface area contributed by atoms with E-state index in [4.69, 9.17) is 14.2 Å². The Labute approximate surface area is 188 Å². The molecule has 0 saturated carbocycles. The van der Waals surface area contributed by atoms with Crippen LogP contribution in [0, 0.1) is 0 Å². The zero-order chi connectivity index (χ0) is 22.0. The highest BCUT2D eigenvalue weighted by atomic mass is 16.7. The summed E-state index contributed by atoms with van der Waals surface area (Å²) in [5, 5.41) is 0. The van der Waals surface area contributed by atoms with Crippen LogP contribution in [0.4, 0.5) is 0 Å². The minimum Gasteiger partial charge on any atom is -0.486 e. The molecule has 1 aromatic carbocycles. The molecule has 1 fully saturated rings. The van der Waals surface area contributed by atoms with Crippen molar-refractivity contribution in [2.24, 2.45) is 0 Å². The zero-order valence-corrected chi connectivity index (χ0v) is 19.2. The van der Waals surface area contributed by atoms with Gasteiger partial charge in [0.05, 0.1) is 13.2 Å². The molecular weight excluding hydrogens is 388 g/mol. The van der Waals surface area contributed by atoms with Gasteiger partial charge in [-0.15, -0.1) is 0 Å². The lowest BCUT2D eigenvalue weighted by molar-refractivity contribution is -0.170. The van der Waals surface area contributed by atoms with Crippen molar-refractivity contribution < 1.29 is 19.0 Å². The smallest absolute Gasteiger partial charge is 0.170 e. The van der Waals surface area contributed by atoms with Crippen molar-refractivity contribution in [1.29, 1.82) is 0 Å². The van der Waals surface area contributed by atoms with Crippen LogP contribution in [-0.2, 0) is 14.3 Å². The van der Waals surface area contributed by atoms with Gasteiger partial charge in [-0.05, 0) is 44.2 Å². The summed E-state index contributed by atoms with van der Waals surface area (Å²) in [4.78, 5) is 12.2. The van der Waals surface area contributed by atoms with Crippen molar-refractivity contribution in [1.82, 2.24) is 0 Å². The Hall–Kier alpha value is -1.91. The van der Waals surface area contributed by atoms with Gasteiger partial charge >= 0.3 is 0 Å². The molecule has 4 nitrogen and oxygen atoms in total. The van der Waals surface area contributed by atoms with Crippen molar-refractivity contribution in [3.63, 3.8) is 0 Å². The average molecular weight is 429 g/mol. The van der Waals surface area contributed by atoms with Crippen LogP contribution < -0.4 is 4.74 Å². The third kappa shape index (κ3) is 11.3. The molecule has 0 radical (unpaired) electrons. The van der Waals surface area contributed by atoms with Crippen molar-refractivity contribution in [2.75, 3.05) is 19.8 Å². The molecule has 172 valence electrons. The van der Waals surface area contributed by atoms with Crippen LogP contribution in [0.1, 0.15) is 77.6 Å². The highest BCUT2D eigenvalue weighted by Gasteiger charge is 2.36. The molecule has 1 heterocycles. The van der Waals surface area contributed by atoms with Crippen LogP contribution >= 0.6 is 0 Å². The Bertz CT molecular complexity index is 644. The van der Waals surface area contributed by atoms with Crippen LogP contribution in [0.15, 0.2) is 54.6 Å². The summed E-state index contributed by atoms with van der Waals surface area (Å²) >= 11 is 0. The number of carbonyl (C=O) groups is 1. The maximum atomic E-state index is 12.2. The van der Waals surface area contributed by atoms with Gasteiger partial charge in [-0.25, -0.2) is 0 Å². The lowest BCUT2D eigenvalue weighted by Crippen LogP contribution is -2.31. The zero-order valence-electron chi connectivity index (χ0n) is 19.2. The van der Waals surface area contributed by atoms with E-state index in [1.54, 1.807) is 0 Å². The van der Waals surface area contributed by atoms with Gasteiger partial charge in [-0.3, -0.25) is 4.79 Å². The topological polar surface area (TPSA) is 44.8 Å². The van der Waals surface area contributed by atoms with Crippen LogP contribution in [0.3, 0.4) is 0 Å². The Morgan fingerprint density at radius 2 is 1.61 bits per heavy atom. The summed E-state index contributed by atoms with van der Waals surface area (Å²) in [6.45, 7) is 3.55. The molecule has 0 aromatic heterocycles. The minimum atomic E-state index is -0.593. The van der Waals surface area contributed by atoms with Crippen LogP contribution in [0.5, 0.6) is 5.75 Å². The molecule has 0 atom stereocenters. The first-order chi connectivity index (χ1) is 15.2. The van der Waals surface area contributed by atoms with E-state index in [9.17, 15) is 4.79 Å². The Morgan fingerprint density at radius 1 is 0.935 bits per heavy atom. The van der Waals surface area contributed by atoms with E-state index in [1.165, 1.54) is 32.1 Å². The Balaban J connectivity index is 1.58. The number of ether oxygens (including phenoxy) is 3. The van der Waals surface area contributed by atoms with Gasteiger partial charge in [-0.2, -0.15) is 0 Å². The molecule has 0 unspecified atom stereocenters. The second-order valence-corrected chi connectivity index (χ2v) is 8.20. The second kappa shape index (κ2) is 15.8. The number of unbranched alkanes of at least 4 members (excludes halogenated alkanes) is 6. The number of rotatable bonds is 17. The Kier molecular flexibility index (Phi) is 12.9. The fourth-order valence-corrected chi connectivity index (χ4v) is 3.69. The van der Waals surface area contributed by atoms with E-state index in [0.29, 0.717) is 26.1 Å². The first kappa shape index (κ1) is 25.4. The molecule has 2 rings (SSSR count). The predicted molar refractivity (Wildman–Crippen MR) is 126 cm³/mol. The van der Waals surface area contributed by atoms with E-state index in [-0.39, 0.29) is 12.4 Å². The van der Waals surface area contributed by atoms with Crippen LogP contribution in [0.2, 0.25) is 0 Å². The van der Waals surface area contributed by atoms with E-state index < -0.39 is 5.79 Å². The van der Waals surface area contributed by atoms with Gasteiger partial charge in [0.2, 0.25) is 0 Å². The number of para-hydroxylation sites is 1. The summed E-state index contributed by atoms with van der Waals surface area (Å²) in [6.07, 6.45) is 20.3.